The van der Waals surface area contributed by atoms with Gasteiger partial charge in [-0.3, -0.25) is 14.4 Å². The predicted octanol–water partition coefficient (Wildman–Crippen LogP) is 6.00. The number of para-hydroxylation sites is 1. The summed E-state index contributed by atoms with van der Waals surface area (Å²) >= 11 is 0. The summed E-state index contributed by atoms with van der Waals surface area (Å²) in [5.41, 5.74) is 2.62. The van der Waals surface area contributed by atoms with E-state index in [1.807, 2.05) is 102 Å². The maximum atomic E-state index is 14.5. The minimum atomic E-state index is -1.45. The third kappa shape index (κ3) is 2.81. The number of anilines is 1. The number of fused-ring (bicyclic) bond motifs is 5. The Balaban J connectivity index is 1.56. The fourth-order valence-electron chi connectivity index (χ4n) is 6.72. The number of rotatable bonds is 3. The molecule has 4 aromatic rings. The van der Waals surface area contributed by atoms with Crippen molar-refractivity contribution in [1.82, 2.24) is 0 Å². The van der Waals surface area contributed by atoms with Gasteiger partial charge in [-0.15, -0.1) is 0 Å². The highest BCUT2D eigenvalue weighted by Gasteiger charge is 2.71. The molecule has 178 valence electrons. The summed E-state index contributed by atoms with van der Waals surface area (Å²) in [5.74, 6) is -1.18. The zero-order valence-corrected chi connectivity index (χ0v) is 20.0. The van der Waals surface area contributed by atoms with Gasteiger partial charge in [0, 0.05) is 28.3 Å². The molecule has 0 N–H and O–H groups in total. The van der Waals surface area contributed by atoms with Crippen molar-refractivity contribution in [3.8, 4) is 0 Å². The van der Waals surface area contributed by atoms with Crippen LogP contribution in [0.15, 0.2) is 115 Å². The molecule has 0 aromatic heterocycles. The molecule has 1 spiro atoms. The monoisotopic (exact) mass is 481 g/mol. The molecule has 2 aliphatic heterocycles. The van der Waals surface area contributed by atoms with Crippen LogP contribution in [0, 0.1) is 5.41 Å². The van der Waals surface area contributed by atoms with Crippen LogP contribution in [0.25, 0.3) is 6.08 Å². The van der Waals surface area contributed by atoms with E-state index in [4.69, 9.17) is 0 Å². The van der Waals surface area contributed by atoms with Gasteiger partial charge < -0.3 is 4.90 Å². The highest BCUT2D eigenvalue weighted by molar-refractivity contribution is 6.32. The number of benzene rings is 4. The quantitative estimate of drug-likeness (QED) is 0.266. The number of Topliss-reactive ketones (excluding diaryl/α,β-unsaturated/α-hetero) is 3. The normalized spacial score (nSPS) is 22.6. The summed E-state index contributed by atoms with van der Waals surface area (Å²) in [4.78, 5) is 45.5. The van der Waals surface area contributed by atoms with Gasteiger partial charge in [0.2, 0.25) is 0 Å². The highest BCUT2D eigenvalue weighted by atomic mass is 16.2. The summed E-state index contributed by atoms with van der Waals surface area (Å²) in [6.45, 7) is 0. The Morgan fingerprint density at radius 2 is 1.24 bits per heavy atom. The molecule has 1 aliphatic carbocycles. The molecule has 4 aromatic carbocycles. The highest BCUT2D eigenvalue weighted by Crippen LogP contribution is 2.60. The molecular formula is C33H23NO3. The molecule has 3 atom stereocenters. The number of nitrogens with zero attached hydrogens (tertiary/aromatic N) is 1. The number of hydrogen-bond donors (Lipinski definition) is 0. The minimum Gasteiger partial charge on any atom is -0.352 e. The van der Waals surface area contributed by atoms with E-state index in [-0.39, 0.29) is 17.3 Å². The summed E-state index contributed by atoms with van der Waals surface area (Å²) in [6.07, 6.45) is 3.94. The Morgan fingerprint density at radius 3 is 1.92 bits per heavy atom. The first-order chi connectivity index (χ1) is 18.1. The van der Waals surface area contributed by atoms with E-state index < -0.39 is 23.4 Å². The average Bonchev–Trinajstić information content (AvgIpc) is 3.40. The number of ketones is 3. The molecule has 3 aliphatic rings. The molecule has 0 amide bonds. The van der Waals surface area contributed by atoms with Crippen molar-refractivity contribution in [2.24, 2.45) is 5.41 Å². The van der Waals surface area contributed by atoms with Gasteiger partial charge in [-0.25, -0.2) is 0 Å². The molecule has 0 saturated carbocycles. The van der Waals surface area contributed by atoms with E-state index >= 15 is 0 Å². The minimum absolute atomic E-state index is 0.0991. The summed E-state index contributed by atoms with van der Waals surface area (Å²) in [7, 11) is 0. The van der Waals surface area contributed by atoms with E-state index in [2.05, 4.69) is 0 Å². The lowest BCUT2D eigenvalue weighted by Gasteiger charge is -2.37. The van der Waals surface area contributed by atoms with Crippen LogP contribution in [0.1, 0.15) is 48.1 Å². The molecule has 4 nitrogen and oxygen atoms in total. The van der Waals surface area contributed by atoms with Gasteiger partial charge in [-0.2, -0.15) is 0 Å². The second-order valence-corrected chi connectivity index (χ2v) is 9.91. The topological polar surface area (TPSA) is 54.5 Å². The average molecular weight is 482 g/mol. The van der Waals surface area contributed by atoms with Gasteiger partial charge in [-0.1, -0.05) is 115 Å². The lowest BCUT2D eigenvalue weighted by Crippen LogP contribution is -2.48. The van der Waals surface area contributed by atoms with Crippen LogP contribution in [-0.4, -0.2) is 29.4 Å². The van der Waals surface area contributed by atoms with Crippen LogP contribution in [0.2, 0.25) is 0 Å². The molecule has 0 unspecified atom stereocenters. The fourth-order valence-corrected chi connectivity index (χ4v) is 6.72. The van der Waals surface area contributed by atoms with Crippen LogP contribution < -0.4 is 4.90 Å². The molecule has 1 saturated heterocycles. The molecule has 1 fully saturated rings. The van der Waals surface area contributed by atoms with Gasteiger partial charge >= 0.3 is 0 Å². The van der Waals surface area contributed by atoms with Gasteiger partial charge in [0.05, 0.1) is 6.04 Å². The van der Waals surface area contributed by atoms with Crippen LogP contribution in [0.3, 0.4) is 0 Å². The Hall–Kier alpha value is -4.57. The largest absolute Gasteiger partial charge is 0.352 e. The van der Waals surface area contributed by atoms with Crippen molar-refractivity contribution in [2.45, 2.75) is 18.0 Å². The van der Waals surface area contributed by atoms with E-state index in [0.717, 1.165) is 16.8 Å². The first kappa shape index (κ1) is 21.7. The van der Waals surface area contributed by atoms with E-state index in [9.17, 15) is 14.4 Å². The van der Waals surface area contributed by atoms with Crippen LogP contribution in [0.4, 0.5) is 5.69 Å². The zero-order chi connectivity index (χ0) is 25.1. The van der Waals surface area contributed by atoms with Crippen molar-refractivity contribution >= 4 is 29.1 Å². The van der Waals surface area contributed by atoms with Crippen LogP contribution in [0.5, 0.6) is 0 Å². The standard InChI is InChI=1S/C33H23NO3/c35-30(23-14-5-2-6-15-23)29-28(22-12-3-1-4-13-22)33(31(36)24-16-8-9-17-25(24)32(33)37)27-20-19-21-11-7-10-18-26(21)34(27)29/h1-20,27-29H/t27-,28-,29+/m0/s1. The SMILES string of the molecule is O=C(c1ccccc1)[C@H]1[C@H](c2ccccc2)C2(C(=O)c3ccccc3C2=O)[C@@H]2C=Cc3ccccc3N21. The maximum Gasteiger partial charge on any atom is 0.185 e. The van der Waals surface area contributed by atoms with Crippen molar-refractivity contribution in [1.29, 1.82) is 0 Å². The summed E-state index contributed by atoms with van der Waals surface area (Å²) in [6, 6.07) is 32.4. The second kappa shape index (κ2) is 7.97. The van der Waals surface area contributed by atoms with Gasteiger partial charge in [0.15, 0.2) is 17.3 Å². The molecule has 0 radical (unpaired) electrons. The van der Waals surface area contributed by atoms with Crippen LogP contribution >= 0.6 is 0 Å². The van der Waals surface area contributed by atoms with E-state index in [0.29, 0.717) is 16.7 Å². The molecule has 0 bridgehead atoms. The Morgan fingerprint density at radius 1 is 0.676 bits per heavy atom. The molecule has 7 rings (SSSR count). The predicted molar refractivity (Wildman–Crippen MR) is 143 cm³/mol. The van der Waals surface area contributed by atoms with Gasteiger partial charge in [0.25, 0.3) is 0 Å². The molecular weight excluding hydrogens is 458 g/mol. The summed E-state index contributed by atoms with van der Waals surface area (Å²) < 4.78 is 0. The van der Waals surface area contributed by atoms with E-state index in [1.165, 1.54) is 0 Å². The lowest BCUT2D eigenvalue weighted by molar-refractivity contribution is 0.0666. The lowest BCUT2D eigenvalue weighted by atomic mass is 9.64. The molecule has 4 heteroatoms. The Labute approximate surface area is 214 Å². The number of hydrogen-bond acceptors (Lipinski definition) is 4. The second-order valence-electron chi connectivity index (χ2n) is 9.91. The third-order valence-corrected chi connectivity index (χ3v) is 8.20. The van der Waals surface area contributed by atoms with Crippen molar-refractivity contribution < 1.29 is 14.4 Å². The van der Waals surface area contributed by atoms with Gasteiger partial charge in [0.1, 0.15) is 11.5 Å². The maximum absolute atomic E-state index is 14.5. The molecule has 2 heterocycles. The zero-order valence-electron chi connectivity index (χ0n) is 20.0. The number of carbonyl (C=O) groups excluding carboxylic acids is 3. The van der Waals surface area contributed by atoms with Crippen molar-refractivity contribution in [3.63, 3.8) is 0 Å². The smallest absolute Gasteiger partial charge is 0.185 e. The summed E-state index contributed by atoms with van der Waals surface area (Å²) in [5, 5.41) is 0. The van der Waals surface area contributed by atoms with Gasteiger partial charge in [-0.05, 0) is 17.2 Å². The molecule has 37 heavy (non-hydrogen) atoms. The Bertz CT molecular complexity index is 1570. The Kier molecular flexibility index (Phi) is 4.67. The number of carbonyl (C=O) groups is 3. The fraction of sp³-hybridized carbons (Fsp3) is 0.121. The first-order valence-electron chi connectivity index (χ1n) is 12.5. The van der Waals surface area contributed by atoms with Crippen molar-refractivity contribution in [2.75, 3.05) is 4.90 Å². The first-order valence-corrected chi connectivity index (χ1v) is 12.5. The third-order valence-electron chi connectivity index (χ3n) is 8.20. The van der Waals surface area contributed by atoms with Crippen molar-refractivity contribution in [3.05, 3.63) is 143 Å². The van der Waals surface area contributed by atoms with E-state index in [1.54, 1.807) is 24.3 Å². The van der Waals surface area contributed by atoms with Crippen LogP contribution in [-0.2, 0) is 0 Å².